The van der Waals surface area contributed by atoms with E-state index in [0.717, 1.165) is 0 Å². The molecule has 0 fully saturated rings. The summed E-state index contributed by atoms with van der Waals surface area (Å²) >= 11 is 0. The predicted molar refractivity (Wildman–Crippen MR) is 51.8 cm³/mol. The molecule has 0 spiro atoms. The highest BCUT2D eigenvalue weighted by molar-refractivity contribution is 5.58. The van der Waals surface area contributed by atoms with Crippen molar-refractivity contribution in [2.24, 2.45) is 0 Å². The largest absolute Gasteiger partial charge is 1.00 e. The average molecular weight is 198 g/mol. The van der Waals surface area contributed by atoms with Crippen LogP contribution in [0.15, 0.2) is 18.3 Å². The van der Waals surface area contributed by atoms with Gasteiger partial charge in [0, 0.05) is 17.2 Å². The Bertz CT molecular complexity index is 316. The second kappa shape index (κ2) is 5.03. The van der Waals surface area contributed by atoms with Crippen LogP contribution in [0.3, 0.4) is 0 Å². The van der Waals surface area contributed by atoms with Crippen molar-refractivity contribution in [2.75, 3.05) is 0 Å². The van der Waals surface area contributed by atoms with Crippen molar-refractivity contribution in [2.45, 2.75) is 27.7 Å². The fraction of sp³-hybridized carbons (Fsp3) is 0.364. The van der Waals surface area contributed by atoms with E-state index in [-0.39, 0.29) is 12.4 Å². The van der Waals surface area contributed by atoms with E-state index in [4.69, 9.17) is 0 Å². The lowest BCUT2D eigenvalue weighted by atomic mass is 10.1. The summed E-state index contributed by atoms with van der Waals surface area (Å²) in [7, 11) is 0. The highest BCUT2D eigenvalue weighted by atomic mass is 35.5. The van der Waals surface area contributed by atoms with Crippen molar-refractivity contribution >= 4 is 5.57 Å². The Kier molecular flexibility index (Phi) is 4.71. The van der Waals surface area contributed by atoms with Gasteiger partial charge >= 0.3 is 0 Å². The lowest BCUT2D eigenvalue weighted by Crippen LogP contribution is -3.00. The van der Waals surface area contributed by atoms with Gasteiger partial charge in [-0.05, 0) is 33.3 Å². The summed E-state index contributed by atoms with van der Waals surface area (Å²) in [4.78, 5) is 3.26. The maximum Gasteiger partial charge on any atom is 0.206 e. The molecule has 72 valence electrons. The van der Waals surface area contributed by atoms with Crippen molar-refractivity contribution in [3.8, 4) is 0 Å². The SMILES string of the molecule is CC=C(C)c1cc(C)c(C)c[nH+]1.[Cl-]. The molecule has 1 rings (SSSR count). The molecule has 0 bridgehead atoms. The van der Waals surface area contributed by atoms with Crippen LogP contribution in [0.4, 0.5) is 0 Å². The molecule has 0 aliphatic rings. The molecule has 0 saturated carbocycles. The Morgan fingerprint density at radius 3 is 2.38 bits per heavy atom. The van der Waals surface area contributed by atoms with E-state index < -0.39 is 0 Å². The van der Waals surface area contributed by atoms with Gasteiger partial charge in [-0.2, -0.15) is 0 Å². The van der Waals surface area contributed by atoms with Crippen LogP contribution in [0.5, 0.6) is 0 Å². The number of aromatic amines is 1. The molecular weight excluding hydrogens is 182 g/mol. The summed E-state index contributed by atoms with van der Waals surface area (Å²) < 4.78 is 0. The molecule has 1 N–H and O–H groups in total. The van der Waals surface area contributed by atoms with E-state index in [0.29, 0.717) is 0 Å². The Balaban J connectivity index is 0.00000144. The zero-order valence-corrected chi connectivity index (χ0v) is 9.37. The third-order valence-electron chi connectivity index (χ3n) is 2.28. The Morgan fingerprint density at radius 2 is 1.92 bits per heavy atom. The molecule has 13 heavy (non-hydrogen) atoms. The summed E-state index contributed by atoms with van der Waals surface area (Å²) in [6.07, 6.45) is 4.16. The monoisotopic (exact) mass is 197 g/mol. The fourth-order valence-electron chi connectivity index (χ4n) is 1.06. The number of hydrogen-bond donors (Lipinski definition) is 0. The summed E-state index contributed by atoms with van der Waals surface area (Å²) in [5, 5.41) is 0. The number of H-pyrrole nitrogens is 1. The molecule has 0 aliphatic heterocycles. The summed E-state index contributed by atoms with van der Waals surface area (Å²) in [6, 6.07) is 2.19. The molecule has 0 aromatic carbocycles. The quantitative estimate of drug-likeness (QED) is 0.579. The average Bonchev–Trinajstić information content (AvgIpc) is 2.08. The molecule has 0 radical (unpaired) electrons. The first-order valence-corrected chi connectivity index (χ1v) is 4.27. The molecule has 1 aromatic heterocycles. The normalized spacial score (nSPS) is 10.9. The topological polar surface area (TPSA) is 14.1 Å². The minimum Gasteiger partial charge on any atom is -1.00 e. The van der Waals surface area contributed by atoms with Crippen molar-refractivity contribution in [1.29, 1.82) is 0 Å². The van der Waals surface area contributed by atoms with Crippen LogP contribution in [0, 0.1) is 13.8 Å². The summed E-state index contributed by atoms with van der Waals surface area (Å²) in [5.41, 5.74) is 5.14. The number of aromatic nitrogens is 1. The smallest absolute Gasteiger partial charge is 0.206 e. The van der Waals surface area contributed by atoms with E-state index in [1.165, 1.54) is 22.4 Å². The lowest BCUT2D eigenvalue weighted by molar-refractivity contribution is -0.382. The van der Waals surface area contributed by atoms with Gasteiger partial charge < -0.3 is 12.4 Å². The number of halogens is 1. The van der Waals surface area contributed by atoms with Crippen LogP contribution >= 0.6 is 0 Å². The van der Waals surface area contributed by atoms with Crippen LogP contribution in [-0.4, -0.2) is 0 Å². The van der Waals surface area contributed by atoms with Gasteiger partial charge in [0.2, 0.25) is 5.69 Å². The van der Waals surface area contributed by atoms with E-state index in [1.54, 1.807) is 0 Å². The van der Waals surface area contributed by atoms with Crippen LogP contribution in [0.1, 0.15) is 30.7 Å². The number of nitrogens with one attached hydrogen (secondary N) is 1. The first-order valence-electron chi connectivity index (χ1n) is 4.27. The van der Waals surface area contributed by atoms with Crippen molar-refractivity contribution in [3.05, 3.63) is 35.2 Å². The molecular formula is C11H16ClN. The van der Waals surface area contributed by atoms with Crippen LogP contribution in [0.2, 0.25) is 0 Å². The van der Waals surface area contributed by atoms with E-state index in [2.05, 4.69) is 51.0 Å². The highest BCUT2D eigenvalue weighted by Gasteiger charge is 2.04. The van der Waals surface area contributed by atoms with Crippen molar-refractivity contribution < 1.29 is 17.4 Å². The molecule has 1 aromatic rings. The highest BCUT2D eigenvalue weighted by Crippen LogP contribution is 2.10. The minimum absolute atomic E-state index is 0. The van der Waals surface area contributed by atoms with Gasteiger partial charge in [-0.15, -0.1) is 0 Å². The summed E-state index contributed by atoms with van der Waals surface area (Å²) in [6.45, 7) is 8.41. The van der Waals surface area contributed by atoms with Crippen LogP contribution in [-0.2, 0) is 0 Å². The number of allylic oxidation sites excluding steroid dienone is 2. The second-order valence-electron chi connectivity index (χ2n) is 3.18. The standard InChI is InChI=1S/C11H15N.ClH/c1-5-8(2)11-6-9(3)10(4)7-12-11;/h5-7H,1-4H3;1H. The van der Waals surface area contributed by atoms with Crippen molar-refractivity contribution in [1.82, 2.24) is 0 Å². The molecule has 0 saturated heterocycles. The number of pyridine rings is 1. The van der Waals surface area contributed by atoms with Crippen LogP contribution < -0.4 is 17.4 Å². The Hall–Kier alpha value is -0.820. The zero-order chi connectivity index (χ0) is 9.14. The second-order valence-corrected chi connectivity index (χ2v) is 3.18. The molecule has 0 atom stereocenters. The van der Waals surface area contributed by atoms with Gasteiger partial charge in [0.25, 0.3) is 0 Å². The van der Waals surface area contributed by atoms with Crippen LogP contribution in [0.25, 0.3) is 5.57 Å². The predicted octanol–water partition coefficient (Wildman–Crippen LogP) is -0.455. The van der Waals surface area contributed by atoms with Gasteiger partial charge in [0.1, 0.15) is 0 Å². The summed E-state index contributed by atoms with van der Waals surface area (Å²) in [5.74, 6) is 0. The maximum atomic E-state index is 3.26. The molecule has 0 unspecified atom stereocenters. The van der Waals surface area contributed by atoms with E-state index in [9.17, 15) is 0 Å². The zero-order valence-electron chi connectivity index (χ0n) is 8.61. The third kappa shape index (κ3) is 2.85. The number of rotatable bonds is 1. The van der Waals surface area contributed by atoms with Gasteiger partial charge in [-0.1, -0.05) is 6.08 Å². The third-order valence-corrected chi connectivity index (χ3v) is 2.28. The van der Waals surface area contributed by atoms with Gasteiger partial charge in [-0.3, -0.25) is 0 Å². The Morgan fingerprint density at radius 1 is 1.31 bits per heavy atom. The number of hydrogen-bond acceptors (Lipinski definition) is 0. The van der Waals surface area contributed by atoms with Gasteiger partial charge in [0.15, 0.2) is 6.20 Å². The molecule has 0 aliphatic carbocycles. The molecule has 0 amide bonds. The van der Waals surface area contributed by atoms with Crippen molar-refractivity contribution in [3.63, 3.8) is 0 Å². The Labute approximate surface area is 86.3 Å². The maximum absolute atomic E-state index is 3.26. The first kappa shape index (κ1) is 12.2. The molecule has 1 nitrogen and oxygen atoms in total. The number of aryl methyl sites for hydroxylation is 2. The fourth-order valence-corrected chi connectivity index (χ4v) is 1.06. The minimum atomic E-state index is 0. The first-order chi connectivity index (χ1) is 5.65. The lowest BCUT2D eigenvalue weighted by Gasteiger charge is -1.97. The van der Waals surface area contributed by atoms with Gasteiger partial charge in [0.05, 0.1) is 0 Å². The molecule has 2 heteroatoms. The van der Waals surface area contributed by atoms with E-state index in [1.807, 2.05) is 0 Å². The van der Waals surface area contributed by atoms with Gasteiger partial charge in [-0.25, -0.2) is 4.98 Å². The van der Waals surface area contributed by atoms with E-state index >= 15 is 0 Å². The molecule has 1 heterocycles.